The minimum Gasteiger partial charge on any atom is -0.458 e. The van der Waals surface area contributed by atoms with Crippen LogP contribution in [0.4, 0.5) is 0 Å². The molecule has 0 aliphatic rings. The number of carbonyl (C=O) groups is 2. The summed E-state index contributed by atoms with van der Waals surface area (Å²) in [6.45, 7) is 7.01. The molecule has 0 radical (unpaired) electrons. The Labute approximate surface area is 124 Å². The molecular formula is C15H21NO3S. The molecule has 1 aromatic rings. The zero-order valence-corrected chi connectivity index (χ0v) is 13.1. The number of ether oxygens (including phenoxy) is 1. The lowest BCUT2D eigenvalue weighted by atomic mass is 10.2. The van der Waals surface area contributed by atoms with Gasteiger partial charge >= 0.3 is 5.97 Å². The van der Waals surface area contributed by atoms with Gasteiger partial charge in [0.2, 0.25) is 5.91 Å². The number of amides is 1. The Morgan fingerprint density at radius 1 is 1.25 bits per heavy atom. The van der Waals surface area contributed by atoms with Crippen LogP contribution in [-0.2, 0) is 14.3 Å². The van der Waals surface area contributed by atoms with Crippen molar-refractivity contribution >= 4 is 23.6 Å². The number of nitrogens with one attached hydrogen (secondary N) is 1. The van der Waals surface area contributed by atoms with Crippen molar-refractivity contribution in [2.75, 3.05) is 5.75 Å². The fraction of sp³-hybridized carbons (Fsp3) is 0.467. The SMILES string of the molecule is C[C@H](NC(=O)CSc1ccccc1)C(=O)OC(C)(C)C. The Bertz CT molecular complexity index is 454. The number of rotatable bonds is 5. The monoisotopic (exact) mass is 295 g/mol. The van der Waals surface area contributed by atoms with Crippen molar-refractivity contribution in [2.24, 2.45) is 0 Å². The quantitative estimate of drug-likeness (QED) is 0.670. The molecule has 20 heavy (non-hydrogen) atoms. The first-order chi connectivity index (χ1) is 9.28. The van der Waals surface area contributed by atoms with Crippen molar-refractivity contribution in [3.63, 3.8) is 0 Å². The van der Waals surface area contributed by atoms with Crippen molar-refractivity contribution in [3.05, 3.63) is 30.3 Å². The van der Waals surface area contributed by atoms with Crippen LogP contribution in [0.25, 0.3) is 0 Å². The van der Waals surface area contributed by atoms with E-state index in [1.807, 2.05) is 30.3 Å². The van der Waals surface area contributed by atoms with Gasteiger partial charge in [0.25, 0.3) is 0 Å². The molecule has 1 aromatic carbocycles. The second-order valence-electron chi connectivity index (χ2n) is 5.42. The molecule has 0 saturated carbocycles. The number of esters is 1. The maximum absolute atomic E-state index is 11.8. The minimum atomic E-state index is -0.641. The highest BCUT2D eigenvalue weighted by atomic mass is 32.2. The molecule has 0 fully saturated rings. The lowest BCUT2D eigenvalue weighted by Gasteiger charge is -2.22. The van der Waals surface area contributed by atoms with E-state index >= 15 is 0 Å². The fourth-order valence-corrected chi connectivity index (χ4v) is 2.13. The third-order valence-electron chi connectivity index (χ3n) is 2.25. The molecule has 1 amide bonds. The molecule has 0 unspecified atom stereocenters. The Kier molecular flexibility index (Phi) is 6.07. The van der Waals surface area contributed by atoms with Gasteiger partial charge in [0, 0.05) is 4.90 Å². The summed E-state index contributed by atoms with van der Waals surface area (Å²) < 4.78 is 5.20. The van der Waals surface area contributed by atoms with Gasteiger partial charge in [-0.1, -0.05) is 18.2 Å². The van der Waals surface area contributed by atoms with E-state index in [-0.39, 0.29) is 11.7 Å². The van der Waals surface area contributed by atoms with E-state index < -0.39 is 17.6 Å². The van der Waals surface area contributed by atoms with Crippen LogP contribution in [0.5, 0.6) is 0 Å². The molecule has 0 aliphatic carbocycles. The van der Waals surface area contributed by atoms with Crippen LogP contribution < -0.4 is 5.32 Å². The Hall–Kier alpha value is -1.49. The highest BCUT2D eigenvalue weighted by molar-refractivity contribution is 8.00. The number of hydrogen-bond acceptors (Lipinski definition) is 4. The Morgan fingerprint density at radius 3 is 2.40 bits per heavy atom. The van der Waals surface area contributed by atoms with Crippen LogP contribution in [0.15, 0.2) is 35.2 Å². The maximum Gasteiger partial charge on any atom is 0.328 e. The number of benzene rings is 1. The summed E-state index contributed by atoms with van der Waals surface area (Å²) in [6, 6.07) is 9.00. The summed E-state index contributed by atoms with van der Waals surface area (Å²) in [5.74, 6) is -0.329. The molecule has 0 aromatic heterocycles. The van der Waals surface area contributed by atoms with Crippen LogP contribution in [0.2, 0.25) is 0 Å². The second-order valence-corrected chi connectivity index (χ2v) is 6.47. The van der Waals surface area contributed by atoms with E-state index in [2.05, 4.69) is 5.32 Å². The normalized spacial score (nSPS) is 12.6. The van der Waals surface area contributed by atoms with Gasteiger partial charge in [0.15, 0.2) is 0 Å². The predicted molar refractivity (Wildman–Crippen MR) is 80.6 cm³/mol. The zero-order valence-electron chi connectivity index (χ0n) is 12.3. The van der Waals surface area contributed by atoms with Gasteiger partial charge in [0.1, 0.15) is 11.6 Å². The third kappa shape index (κ3) is 6.61. The molecule has 5 heteroatoms. The van der Waals surface area contributed by atoms with Gasteiger partial charge in [0.05, 0.1) is 5.75 Å². The molecule has 0 spiro atoms. The van der Waals surface area contributed by atoms with Crippen LogP contribution in [0.1, 0.15) is 27.7 Å². The molecule has 110 valence electrons. The average Bonchev–Trinajstić information content (AvgIpc) is 2.35. The predicted octanol–water partition coefficient (Wildman–Crippen LogP) is 2.63. The zero-order chi connectivity index (χ0) is 15.2. The van der Waals surface area contributed by atoms with Gasteiger partial charge in [-0.3, -0.25) is 4.79 Å². The van der Waals surface area contributed by atoms with Crippen molar-refractivity contribution in [1.82, 2.24) is 5.32 Å². The van der Waals surface area contributed by atoms with Crippen molar-refractivity contribution in [1.29, 1.82) is 0 Å². The minimum absolute atomic E-state index is 0.183. The lowest BCUT2D eigenvalue weighted by molar-refractivity contribution is -0.157. The Morgan fingerprint density at radius 2 is 1.85 bits per heavy atom. The smallest absolute Gasteiger partial charge is 0.328 e. The number of hydrogen-bond donors (Lipinski definition) is 1. The summed E-state index contributed by atoms with van der Waals surface area (Å²) in [7, 11) is 0. The number of carbonyl (C=O) groups excluding carboxylic acids is 2. The van der Waals surface area contributed by atoms with Crippen molar-refractivity contribution in [2.45, 2.75) is 44.2 Å². The first-order valence-electron chi connectivity index (χ1n) is 6.48. The van der Waals surface area contributed by atoms with E-state index in [1.54, 1.807) is 27.7 Å². The molecule has 0 bridgehead atoms. The molecule has 0 aliphatic heterocycles. The van der Waals surface area contributed by atoms with E-state index in [0.29, 0.717) is 0 Å². The molecule has 1 N–H and O–H groups in total. The van der Waals surface area contributed by atoms with Crippen LogP contribution in [0, 0.1) is 0 Å². The molecule has 1 atom stereocenters. The molecule has 1 rings (SSSR count). The summed E-state index contributed by atoms with van der Waals surface area (Å²) in [5.41, 5.74) is -0.547. The summed E-state index contributed by atoms with van der Waals surface area (Å²) in [5, 5.41) is 2.64. The molecule has 0 heterocycles. The fourth-order valence-electron chi connectivity index (χ4n) is 1.40. The highest BCUT2D eigenvalue weighted by Crippen LogP contribution is 2.16. The van der Waals surface area contributed by atoms with Gasteiger partial charge < -0.3 is 10.1 Å². The van der Waals surface area contributed by atoms with E-state index in [9.17, 15) is 9.59 Å². The Balaban J connectivity index is 2.36. The van der Waals surface area contributed by atoms with E-state index in [0.717, 1.165) is 4.90 Å². The summed E-state index contributed by atoms with van der Waals surface area (Å²) in [6.07, 6.45) is 0. The van der Waals surface area contributed by atoms with Gasteiger partial charge in [-0.15, -0.1) is 11.8 Å². The van der Waals surface area contributed by atoms with Crippen molar-refractivity contribution < 1.29 is 14.3 Å². The molecular weight excluding hydrogens is 274 g/mol. The number of thioether (sulfide) groups is 1. The third-order valence-corrected chi connectivity index (χ3v) is 3.26. The molecule has 0 saturated heterocycles. The summed E-state index contributed by atoms with van der Waals surface area (Å²) in [4.78, 5) is 24.5. The van der Waals surface area contributed by atoms with Gasteiger partial charge in [-0.25, -0.2) is 4.79 Å². The lowest BCUT2D eigenvalue weighted by Crippen LogP contribution is -2.42. The highest BCUT2D eigenvalue weighted by Gasteiger charge is 2.22. The van der Waals surface area contributed by atoms with Crippen LogP contribution >= 0.6 is 11.8 Å². The standard InChI is InChI=1S/C15H21NO3S/c1-11(14(18)19-15(2,3)4)16-13(17)10-20-12-8-6-5-7-9-12/h5-9,11H,10H2,1-4H3,(H,16,17)/t11-/m0/s1. The molecule has 4 nitrogen and oxygen atoms in total. The summed E-state index contributed by atoms with van der Waals surface area (Å²) >= 11 is 1.43. The van der Waals surface area contributed by atoms with Gasteiger partial charge in [-0.05, 0) is 39.8 Å². The van der Waals surface area contributed by atoms with Crippen molar-refractivity contribution in [3.8, 4) is 0 Å². The van der Waals surface area contributed by atoms with Crippen LogP contribution in [-0.4, -0.2) is 29.3 Å². The van der Waals surface area contributed by atoms with E-state index in [1.165, 1.54) is 11.8 Å². The van der Waals surface area contributed by atoms with E-state index in [4.69, 9.17) is 4.74 Å². The average molecular weight is 295 g/mol. The first kappa shape index (κ1) is 16.6. The van der Waals surface area contributed by atoms with Crippen LogP contribution in [0.3, 0.4) is 0 Å². The first-order valence-corrected chi connectivity index (χ1v) is 7.46. The topological polar surface area (TPSA) is 55.4 Å². The largest absolute Gasteiger partial charge is 0.458 e. The second kappa shape index (κ2) is 7.33. The van der Waals surface area contributed by atoms with Gasteiger partial charge in [-0.2, -0.15) is 0 Å². The maximum atomic E-state index is 11.8.